The molecule has 0 fully saturated rings. The van der Waals surface area contributed by atoms with Crippen molar-refractivity contribution in [2.75, 3.05) is 19.7 Å². The Balaban J connectivity index is 2.74. The highest BCUT2D eigenvalue weighted by Crippen LogP contribution is 2.14. The Morgan fingerprint density at radius 2 is 1.70 bits per heavy atom. The number of benzene rings is 1. The summed E-state index contributed by atoms with van der Waals surface area (Å²) in [6.07, 6.45) is 1.69. The minimum absolute atomic E-state index is 0.218. The molecule has 0 aromatic heterocycles. The van der Waals surface area contributed by atoms with Gasteiger partial charge in [-0.1, -0.05) is 44.2 Å². The monoisotopic (exact) mass is 320 g/mol. The lowest BCUT2D eigenvalue weighted by molar-refractivity contribution is -0.138. The molecule has 2 unspecified atom stereocenters. The van der Waals surface area contributed by atoms with Crippen molar-refractivity contribution in [2.24, 2.45) is 0 Å². The van der Waals surface area contributed by atoms with Gasteiger partial charge in [0.1, 0.15) is 6.04 Å². The summed E-state index contributed by atoms with van der Waals surface area (Å²) in [4.78, 5) is 26.6. The molecule has 1 aromatic carbocycles. The lowest BCUT2D eigenvalue weighted by atomic mass is 10.00. The second-order valence-electron chi connectivity index (χ2n) is 5.70. The van der Waals surface area contributed by atoms with Crippen LogP contribution in [0.25, 0.3) is 0 Å². The van der Waals surface area contributed by atoms with Gasteiger partial charge in [0.25, 0.3) is 0 Å². The fourth-order valence-corrected chi connectivity index (χ4v) is 2.47. The van der Waals surface area contributed by atoms with Crippen molar-refractivity contribution in [2.45, 2.75) is 45.6 Å². The van der Waals surface area contributed by atoms with Crippen molar-refractivity contribution in [1.29, 1.82) is 0 Å². The molecule has 1 rings (SSSR count). The molecule has 0 saturated carbocycles. The first kappa shape index (κ1) is 19.2. The number of amides is 2. The van der Waals surface area contributed by atoms with Crippen LogP contribution in [0.2, 0.25) is 0 Å². The third-order valence-electron chi connectivity index (χ3n) is 3.79. The van der Waals surface area contributed by atoms with Gasteiger partial charge in [-0.05, 0) is 25.3 Å². The van der Waals surface area contributed by atoms with Crippen LogP contribution in [0.4, 0.5) is 0 Å². The molecule has 0 bridgehead atoms. The van der Waals surface area contributed by atoms with Gasteiger partial charge < -0.3 is 15.3 Å². The maximum Gasteiger partial charge on any atom is 0.247 e. The zero-order valence-corrected chi connectivity index (χ0v) is 14.3. The summed E-state index contributed by atoms with van der Waals surface area (Å²) in [5.74, 6) is -0.842. The van der Waals surface area contributed by atoms with Crippen LogP contribution in [-0.4, -0.2) is 47.6 Å². The Kier molecular flexibility index (Phi) is 8.33. The number of rotatable bonds is 9. The van der Waals surface area contributed by atoms with Crippen molar-refractivity contribution in [1.82, 2.24) is 10.2 Å². The quantitative estimate of drug-likeness (QED) is 0.730. The van der Waals surface area contributed by atoms with Gasteiger partial charge in [-0.15, -0.1) is 0 Å². The van der Waals surface area contributed by atoms with Crippen LogP contribution in [0.15, 0.2) is 30.3 Å². The van der Waals surface area contributed by atoms with E-state index in [1.807, 2.05) is 44.2 Å². The first-order chi connectivity index (χ1) is 11.0. The number of nitrogens with one attached hydrogen (secondary N) is 1. The average molecular weight is 320 g/mol. The summed E-state index contributed by atoms with van der Waals surface area (Å²) < 4.78 is 0. The van der Waals surface area contributed by atoms with E-state index in [2.05, 4.69) is 5.32 Å². The predicted octanol–water partition coefficient (Wildman–Crippen LogP) is 1.92. The third kappa shape index (κ3) is 5.67. The maximum absolute atomic E-state index is 12.5. The van der Waals surface area contributed by atoms with E-state index >= 15 is 0 Å². The molecule has 0 radical (unpaired) electrons. The highest BCUT2D eigenvalue weighted by Gasteiger charge is 2.26. The Labute approximate surface area is 138 Å². The van der Waals surface area contributed by atoms with Crippen LogP contribution in [0, 0.1) is 0 Å². The van der Waals surface area contributed by atoms with Gasteiger partial charge in [0.05, 0.1) is 12.5 Å². The number of carbonyl (C=O) groups excluding carboxylic acids is 2. The summed E-state index contributed by atoms with van der Waals surface area (Å²) in [5.41, 5.74) is 0.883. The Morgan fingerprint density at radius 3 is 2.17 bits per heavy atom. The highest BCUT2D eigenvalue weighted by molar-refractivity contribution is 5.90. The zero-order chi connectivity index (χ0) is 17.2. The van der Waals surface area contributed by atoms with Crippen LogP contribution >= 0.6 is 0 Å². The van der Waals surface area contributed by atoms with E-state index in [0.717, 1.165) is 18.4 Å². The van der Waals surface area contributed by atoms with Crippen molar-refractivity contribution in [3.05, 3.63) is 35.9 Å². The van der Waals surface area contributed by atoms with E-state index < -0.39 is 12.6 Å². The number of hydrogen-bond acceptors (Lipinski definition) is 3. The smallest absolute Gasteiger partial charge is 0.247 e. The molecule has 0 saturated heterocycles. The lowest BCUT2D eigenvalue weighted by Gasteiger charge is -2.27. The first-order valence-corrected chi connectivity index (χ1v) is 8.30. The molecule has 5 heteroatoms. The Morgan fingerprint density at radius 1 is 1.13 bits per heavy atom. The summed E-state index contributed by atoms with van der Waals surface area (Å²) in [7, 11) is 0. The van der Waals surface area contributed by atoms with Gasteiger partial charge in [0, 0.05) is 13.1 Å². The van der Waals surface area contributed by atoms with Gasteiger partial charge in [-0.2, -0.15) is 0 Å². The van der Waals surface area contributed by atoms with Crippen molar-refractivity contribution >= 4 is 11.8 Å². The van der Waals surface area contributed by atoms with E-state index in [1.165, 1.54) is 0 Å². The van der Waals surface area contributed by atoms with Crippen molar-refractivity contribution in [3.8, 4) is 0 Å². The van der Waals surface area contributed by atoms with Gasteiger partial charge in [0.15, 0.2) is 0 Å². The minimum atomic E-state index is -0.883. The molecular weight excluding hydrogens is 292 g/mol. The van der Waals surface area contributed by atoms with Gasteiger partial charge in [0.2, 0.25) is 11.8 Å². The van der Waals surface area contributed by atoms with E-state index in [0.29, 0.717) is 13.1 Å². The number of aliphatic hydroxyl groups excluding tert-OH is 1. The molecule has 2 atom stereocenters. The average Bonchev–Trinajstić information content (AvgIpc) is 2.58. The molecule has 0 spiro atoms. The van der Waals surface area contributed by atoms with Gasteiger partial charge >= 0.3 is 0 Å². The molecule has 5 nitrogen and oxygen atoms in total. The molecule has 0 aliphatic carbocycles. The van der Waals surface area contributed by atoms with Crippen molar-refractivity contribution in [3.63, 3.8) is 0 Å². The van der Waals surface area contributed by atoms with Crippen LogP contribution in [0.1, 0.15) is 45.1 Å². The predicted molar refractivity (Wildman–Crippen MR) is 91.0 cm³/mol. The largest absolute Gasteiger partial charge is 0.394 e. The van der Waals surface area contributed by atoms with E-state index in [4.69, 9.17) is 0 Å². The second kappa shape index (κ2) is 10.0. The molecule has 0 aliphatic rings. The maximum atomic E-state index is 12.5. The Hall–Kier alpha value is -1.88. The minimum Gasteiger partial charge on any atom is -0.394 e. The topological polar surface area (TPSA) is 69.6 Å². The summed E-state index contributed by atoms with van der Waals surface area (Å²) in [6, 6.07) is 8.50. The fourth-order valence-electron chi connectivity index (χ4n) is 2.47. The standard InChI is InChI=1S/C18H28N2O3/c1-4-11-20(12-5-2)18(23)16(13-21)19-17(22)14(3)15-9-7-6-8-10-15/h6-10,14,16,21H,4-5,11-13H2,1-3H3,(H,19,22). The fraction of sp³-hybridized carbons (Fsp3) is 0.556. The van der Waals surface area contributed by atoms with E-state index in [-0.39, 0.29) is 17.7 Å². The molecule has 128 valence electrons. The van der Waals surface area contributed by atoms with E-state index in [1.54, 1.807) is 11.8 Å². The number of aliphatic hydroxyl groups is 1. The molecule has 2 N–H and O–H groups in total. The SMILES string of the molecule is CCCN(CCC)C(=O)C(CO)NC(=O)C(C)c1ccccc1. The van der Waals surface area contributed by atoms with Crippen LogP contribution in [0.3, 0.4) is 0 Å². The number of nitrogens with zero attached hydrogens (tertiary/aromatic N) is 1. The first-order valence-electron chi connectivity index (χ1n) is 8.30. The lowest BCUT2D eigenvalue weighted by Crippen LogP contribution is -2.51. The summed E-state index contributed by atoms with van der Waals surface area (Å²) in [6.45, 7) is 6.66. The van der Waals surface area contributed by atoms with Crippen LogP contribution in [-0.2, 0) is 9.59 Å². The third-order valence-corrected chi connectivity index (χ3v) is 3.79. The second-order valence-corrected chi connectivity index (χ2v) is 5.70. The molecule has 1 aromatic rings. The summed E-state index contributed by atoms with van der Waals surface area (Å²) >= 11 is 0. The van der Waals surface area contributed by atoms with Crippen LogP contribution in [0.5, 0.6) is 0 Å². The normalized spacial score (nSPS) is 13.2. The van der Waals surface area contributed by atoms with Gasteiger partial charge in [-0.25, -0.2) is 0 Å². The highest BCUT2D eigenvalue weighted by atomic mass is 16.3. The van der Waals surface area contributed by atoms with Crippen molar-refractivity contribution < 1.29 is 14.7 Å². The summed E-state index contributed by atoms with van der Waals surface area (Å²) in [5, 5.41) is 12.2. The number of hydrogen-bond donors (Lipinski definition) is 2. The van der Waals surface area contributed by atoms with Gasteiger partial charge in [-0.3, -0.25) is 9.59 Å². The molecular formula is C18H28N2O3. The Bertz CT molecular complexity index is 484. The van der Waals surface area contributed by atoms with Crippen LogP contribution < -0.4 is 5.32 Å². The molecule has 0 aliphatic heterocycles. The zero-order valence-electron chi connectivity index (χ0n) is 14.3. The molecule has 0 heterocycles. The molecule has 23 heavy (non-hydrogen) atoms. The number of carbonyl (C=O) groups is 2. The van der Waals surface area contributed by atoms with E-state index in [9.17, 15) is 14.7 Å². The molecule has 2 amide bonds.